The minimum atomic E-state index is -0.358. The van der Waals surface area contributed by atoms with Crippen LogP contribution in [0, 0.1) is 0 Å². The van der Waals surface area contributed by atoms with Crippen molar-refractivity contribution in [1.82, 2.24) is 4.98 Å². The maximum absolute atomic E-state index is 12.0. The van der Waals surface area contributed by atoms with Gasteiger partial charge >= 0.3 is 5.97 Å². The Morgan fingerprint density at radius 2 is 1.89 bits per heavy atom. The van der Waals surface area contributed by atoms with Crippen molar-refractivity contribution in [2.45, 2.75) is 24.2 Å². The summed E-state index contributed by atoms with van der Waals surface area (Å²) in [6.07, 6.45) is 5.67. The van der Waals surface area contributed by atoms with Crippen LogP contribution < -0.4 is 5.32 Å². The van der Waals surface area contributed by atoms with Crippen molar-refractivity contribution < 1.29 is 14.3 Å². The van der Waals surface area contributed by atoms with Gasteiger partial charge in [0.05, 0.1) is 5.69 Å². The number of para-hydroxylation sites is 2. The number of carbonyl (C=O) groups excluding carboxylic acids is 2. The van der Waals surface area contributed by atoms with Gasteiger partial charge in [-0.15, -0.1) is 11.8 Å². The molecule has 5 nitrogen and oxygen atoms in total. The summed E-state index contributed by atoms with van der Waals surface area (Å²) in [5, 5.41) is 3.95. The number of nitrogens with one attached hydrogen (secondary N) is 2. The number of benzene rings is 2. The molecule has 0 aliphatic carbocycles. The lowest BCUT2D eigenvalue weighted by atomic mass is 10.1. The van der Waals surface area contributed by atoms with E-state index in [0.717, 1.165) is 22.5 Å². The van der Waals surface area contributed by atoms with Crippen LogP contribution in [0.4, 0.5) is 5.69 Å². The number of thioether (sulfide) groups is 1. The number of anilines is 1. The molecule has 0 spiro atoms. The Labute approximate surface area is 162 Å². The summed E-state index contributed by atoms with van der Waals surface area (Å²) in [5.74, 6) is -0.690. The lowest BCUT2D eigenvalue weighted by molar-refractivity contribution is -0.147. The van der Waals surface area contributed by atoms with Gasteiger partial charge in [0.1, 0.15) is 0 Å². The van der Waals surface area contributed by atoms with Crippen molar-refractivity contribution in [2.24, 2.45) is 0 Å². The van der Waals surface area contributed by atoms with Gasteiger partial charge in [0, 0.05) is 28.4 Å². The van der Waals surface area contributed by atoms with Crippen molar-refractivity contribution in [2.75, 3.05) is 18.2 Å². The quantitative estimate of drug-likeness (QED) is 0.448. The molecule has 1 amide bonds. The molecule has 1 aromatic heterocycles. The Balaban J connectivity index is 1.41. The van der Waals surface area contributed by atoms with Crippen LogP contribution in [0.2, 0.25) is 0 Å². The van der Waals surface area contributed by atoms with E-state index >= 15 is 0 Å². The predicted octanol–water partition coefficient (Wildman–Crippen LogP) is 4.39. The highest BCUT2D eigenvalue weighted by Gasteiger charge is 2.10. The van der Waals surface area contributed by atoms with Gasteiger partial charge in [0.2, 0.25) is 0 Å². The topological polar surface area (TPSA) is 71.2 Å². The van der Waals surface area contributed by atoms with E-state index in [1.54, 1.807) is 11.8 Å². The lowest BCUT2D eigenvalue weighted by Crippen LogP contribution is -2.21. The number of amides is 1. The zero-order valence-electron chi connectivity index (χ0n) is 15.2. The molecule has 6 heteroatoms. The molecule has 0 aliphatic heterocycles. The van der Waals surface area contributed by atoms with Gasteiger partial charge in [-0.05, 0) is 42.9 Å². The number of esters is 1. The summed E-state index contributed by atoms with van der Waals surface area (Å²) < 4.78 is 5.09. The number of fused-ring (bicyclic) bond motifs is 1. The van der Waals surface area contributed by atoms with Crippen LogP contribution in [-0.4, -0.2) is 29.7 Å². The average molecular weight is 382 g/mol. The van der Waals surface area contributed by atoms with Gasteiger partial charge in [-0.1, -0.05) is 30.3 Å². The van der Waals surface area contributed by atoms with Crippen LogP contribution in [0.25, 0.3) is 10.9 Å². The molecule has 140 valence electrons. The molecule has 0 bridgehead atoms. The molecule has 0 unspecified atom stereocenters. The number of hydrogen-bond donors (Lipinski definition) is 2. The summed E-state index contributed by atoms with van der Waals surface area (Å²) in [5.41, 5.74) is 3.01. The van der Waals surface area contributed by atoms with Crippen LogP contribution >= 0.6 is 11.8 Å². The molecular weight excluding hydrogens is 360 g/mol. The first-order valence-corrected chi connectivity index (χ1v) is 10.0. The van der Waals surface area contributed by atoms with Gasteiger partial charge < -0.3 is 15.0 Å². The van der Waals surface area contributed by atoms with Crippen LogP contribution in [0.5, 0.6) is 0 Å². The minimum Gasteiger partial charge on any atom is -0.456 e. The highest BCUT2D eigenvalue weighted by molar-refractivity contribution is 7.98. The Kier molecular flexibility index (Phi) is 6.54. The third-order valence-corrected chi connectivity index (χ3v) is 5.04. The zero-order chi connectivity index (χ0) is 19.1. The Morgan fingerprint density at radius 3 is 2.74 bits per heavy atom. The zero-order valence-corrected chi connectivity index (χ0v) is 16.0. The third kappa shape index (κ3) is 5.14. The molecule has 3 aromatic rings. The van der Waals surface area contributed by atoms with Crippen LogP contribution in [0.3, 0.4) is 0 Å². The Morgan fingerprint density at radius 1 is 1.11 bits per heavy atom. The fraction of sp³-hybridized carbons (Fsp3) is 0.238. The lowest BCUT2D eigenvalue weighted by Gasteiger charge is -2.09. The van der Waals surface area contributed by atoms with Crippen molar-refractivity contribution in [3.8, 4) is 0 Å². The number of rotatable bonds is 8. The smallest absolute Gasteiger partial charge is 0.306 e. The molecule has 2 aromatic carbocycles. The number of aryl methyl sites for hydroxylation is 1. The van der Waals surface area contributed by atoms with Gasteiger partial charge in [-0.3, -0.25) is 9.59 Å². The second kappa shape index (κ2) is 9.28. The van der Waals surface area contributed by atoms with Gasteiger partial charge in [0.25, 0.3) is 5.91 Å². The highest BCUT2D eigenvalue weighted by atomic mass is 32.2. The Hall–Kier alpha value is -2.73. The monoisotopic (exact) mass is 382 g/mol. The second-order valence-corrected chi connectivity index (χ2v) is 6.97. The molecule has 0 fully saturated rings. The summed E-state index contributed by atoms with van der Waals surface area (Å²) in [4.78, 5) is 28.1. The molecule has 1 heterocycles. The van der Waals surface area contributed by atoms with Crippen molar-refractivity contribution in [3.63, 3.8) is 0 Å². The van der Waals surface area contributed by atoms with E-state index in [-0.39, 0.29) is 24.9 Å². The predicted molar refractivity (Wildman–Crippen MR) is 109 cm³/mol. The maximum Gasteiger partial charge on any atom is 0.306 e. The van der Waals surface area contributed by atoms with Gasteiger partial charge in [-0.2, -0.15) is 0 Å². The number of carbonyl (C=O) groups is 2. The molecule has 0 saturated heterocycles. The van der Waals surface area contributed by atoms with Gasteiger partial charge in [-0.25, -0.2) is 0 Å². The SMILES string of the molecule is CSc1ccccc1NC(=O)COC(=O)CCCc1c[nH]c2ccccc12. The first-order chi connectivity index (χ1) is 13.2. The van der Waals surface area contributed by atoms with Crippen LogP contribution in [0.15, 0.2) is 59.6 Å². The maximum atomic E-state index is 12.0. The number of aromatic nitrogens is 1. The minimum absolute atomic E-state index is 0.269. The molecule has 27 heavy (non-hydrogen) atoms. The Bertz CT molecular complexity index is 936. The van der Waals surface area contributed by atoms with E-state index in [1.165, 1.54) is 10.9 Å². The second-order valence-electron chi connectivity index (χ2n) is 6.12. The molecule has 2 N–H and O–H groups in total. The molecule has 0 atom stereocenters. The van der Waals surface area contributed by atoms with E-state index < -0.39 is 0 Å². The van der Waals surface area contributed by atoms with E-state index in [1.807, 2.05) is 54.9 Å². The number of aromatic amines is 1. The summed E-state index contributed by atoms with van der Waals surface area (Å²) >= 11 is 1.55. The highest BCUT2D eigenvalue weighted by Crippen LogP contribution is 2.24. The fourth-order valence-corrected chi connectivity index (χ4v) is 3.47. The fourth-order valence-electron chi connectivity index (χ4n) is 2.91. The number of H-pyrrole nitrogens is 1. The van der Waals surface area contributed by atoms with Crippen molar-refractivity contribution >= 4 is 40.2 Å². The average Bonchev–Trinajstić information content (AvgIpc) is 3.10. The van der Waals surface area contributed by atoms with E-state index in [9.17, 15) is 9.59 Å². The van der Waals surface area contributed by atoms with E-state index in [2.05, 4.69) is 16.4 Å². The van der Waals surface area contributed by atoms with Crippen molar-refractivity contribution in [1.29, 1.82) is 0 Å². The molecule has 0 radical (unpaired) electrons. The molecule has 0 aliphatic rings. The first kappa shape index (κ1) is 19.0. The van der Waals surface area contributed by atoms with E-state index in [0.29, 0.717) is 6.42 Å². The normalized spacial score (nSPS) is 10.7. The largest absolute Gasteiger partial charge is 0.456 e. The number of hydrogen-bond acceptors (Lipinski definition) is 4. The van der Waals surface area contributed by atoms with E-state index in [4.69, 9.17) is 4.74 Å². The molecule has 3 rings (SSSR count). The van der Waals surface area contributed by atoms with Crippen LogP contribution in [0.1, 0.15) is 18.4 Å². The standard InChI is InChI=1S/C21H22N2O3S/c1-27-19-11-5-4-10-18(19)23-20(24)14-26-21(25)12-6-7-15-13-22-17-9-3-2-8-16(15)17/h2-5,8-11,13,22H,6-7,12,14H2,1H3,(H,23,24). The summed E-state index contributed by atoms with van der Waals surface area (Å²) in [6, 6.07) is 15.6. The van der Waals surface area contributed by atoms with Crippen LogP contribution in [-0.2, 0) is 20.7 Å². The third-order valence-electron chi connectivity index (χ3n) is 4.25. The molecule has 0 saturated carbocycles. The first-order valence-electron chi connectivity index (χ1n) is 8.81. The number of ether oxygens (including phenoxy) is 1. The van der Waals surface area contributed by atoms with Crippen molar-refractivity contribution in [3.05, 3.63) is 60.3 Å². The summed E-state index contributed by atoms with van der Waals surface area (Å²) in [7, 11) is 0. The van der Waals surface area contributed by atoms with Gasteiger partial charge in [0.15, 0.2) is 6.61 Å². The summed E-state index contributed by atoms with van der Waals surface area (Å²) in [6.45, 7) is -0.269. The molecular formula is C21H22N2O3S.